The number of hydrogen-bond acceptors (Lipinski definition) is 3. The molecular weight excluding hydrogens is 192 g/mol. The summed E-state index contributed by atoms with van der Waals surface area (Å²) in [6, 6.07) is 0. The highest BCUT2D eigenvalue weighted by atomic mass is 32.1. The molecule has 0 radical (unpaired) electrons. The fourth-order valence-electron chi connectivity index (χ4n) is 1.42. The van der Waals surface area contributed by atoms with Crippen molar-refractivity contribution >= 4 is 11.3 Å². The summed E-state index contributed by atoms with van der Waals surface area (Å²) in [5, 5.41) is 3.46. The Morgan fingerprint density at radius 3 is 2.50 bits per heavy atom. The Bertz CT molecular complexity index is 254. The lowest BCUT2D eigenvalue weighted by Gasteiger charge is -2.16. The van der Waals surface area contributed by atoms with Crippen molar-refractivity contribution in [3.05, 3.63) is 16.1 Å². The molecule has 0 spiro atoms. The van der Waals surface area contributed by atoms with E-state index in [4.69, 9.17) is 0 Å². The van der Waals surface area contributed by atoms with Crippen LogP contribution in [0.1, 0.15) is 31.5 Å². The SMILES string of the molecule is CCc1csc(CCN(CC)CC)n1. The average molecular weight is 212 g/mol. The zero-order valence-electron chi connectivity index (χ0n) is 9.42. The summed E-state index contributed by atoms with van der Waals surface area (Å²) < 4.78 is 0. The van der Waals surface area contributed by atoms with E-state index in [2.05, 4.69) is 36.0 Å². The van der Waals surface area contributed by atoms with Crippen LogP contribution in [0.25, 0.3) is 0 Å². The van der Waals surface area contributed by atoms with Gasteiger partial charge in [-0.2, -0.15) is 0 Å². The lowest BCUT2D eigenvalue weighted by molar-refractivity contribution is 0.308. The van der Waals surface area contributed by atoms with Crippen LogP contribution in [0.2, 0.25) is 0 Å². The summed E-state index contributed by atoms with van der Waals surface area (Å²) in [5.74, 6) is 0. The van der Waals surface area contributed by atoms with Crippen LogP contribution in [0, 0.1) is 0 Å². The Morgan fingerprint density at radius 1 is 1.29 bits per heavy atom. The zero-order chi connectivity index (χ0) is 10.4. The summed E-state index contributed by atoms with van der Waals surface area (Å²) in [4.78, 5) is 7.00. The van der Waals surface area contributed by atoms with Crippen molar-refractivity contribution in [1.29, 1.82) is 0 Å². The number of thiazole rings is 1. The minimum Gasteiger partial charge on any atom is -0.303 e. The van der Waals surface area contributed by atoms with Gasteiger partial charge in [0, 0.05) is 18.3 Å². The molecule has 0 aromatic carbocycles. The second-order valence-corrected chi connectivity index (χ2v) is 4.31. The molecule has 1 rings (SSSR count). The molecule has 0 atom stereocenters. The van der Waals surface area contributed by atoms with Crippen LogP contribution in [0.5, 0.6) is 0 Å². The van der Waals surface area contributed by atoms with Gasteiger partial charge in [-0.15, -0.1) is 11.3 Å². The molecule has 14 heavy (non-hydrogen) atoms. The molecular formula is C11H20N2S. The molecule has 0 aliphatic rings. The number of hydrogen-bond donors (Lipinski definition) is 0. The number of rotatable bonds is 6. The molecule has 0 N–H and O–H groups in total. The maximum Gasteiger partial charge on any atom is 0.0941 e. The molecule has 1 heterocycles. The van der Waals surface area contributed by atoms with Crippen LogP contribution in [0.3, 0.4) is 0 Å². The number of aryl methyl sites for hydroxylation is 1. The maximum atomic E-state index is 4.56. The zero-order valence-corrected chi connectivity index (χ0v) is 10.2. The summed E-state index contributed by atoms with van der Waals surface area (Å²) >= 11 is 1.80. The minimum absolute atomic E-state index is 1.06. The largest absolute Gasteiger partial charge is 0.303 e. The van der Waals surface area contributed by atoms with Crippen molar-refractivity contribution in [2.24, 2.45) is 0 Å². The first kappa shape index (κ1) is 11.7. The van der Waals surface area contributed by atoms with Gasteiger partial charge in [0.05, 0.1) is 10.7 Å². The standard InChI is InChI=1S/C11H20N2S/c1-4-10-9-14-11(12-10)7-8-13(5-2)6-3/h9H,4-8H2,1-3H3. The lowest BCUT2D eigenvalue weighted by Crippen LogP contribution is -2.25. The van der Waals surface area contributed by atoms with Gasteiger partial charge in [0.15, 0.2) is 0 Å². The van der Waals surface area contributed by atoms with Gasteiger partial charge >= 0.3 is 0 Å². The van der Waals surface area contributed by atoms with E-state index in [0.717, 1.165) is 32.5 Å². The van der Waals surface area contributed by atoms with Crippen LogP contribution < -0.4 is 0 Å². The van der Waals surface area contributed by atoms with Crippen molar-refractivity contribution in [3.63, 3.8) is 0 Å². The van der Waals surface area contributed by atoms with Crippen LogP contribution in [0.4, 0.5) is 0 Å². The van der Waals surface area contributed by atoms with Gasteiger partial charge in [-0.1, -0.05) is 20.8 Å². The highest BCUT2D eigenvalue weighted by Gasteiger charge is 2.03. The summed E-state index contributed by atoms with van der Waals surface area (Å²) in [6.07, 6.45) is 2.16. The van der Waals surface area contributed by atoms with E-state index in [1.165, 1.54) is 10.7 Å². The molecule has 0 saturated carbocycles. The molecule has 0 aliphatic heterocycles. The fourth-order valence-corrected chi connectivity index (χ4v) is 2.29. The Labute approximate surface area is 91.0 Å². The predicted octanol–water partition coefficient (Wildman–Crippen LogP) is 2.59. The molecule has 0 unspecified atom stereocenters. The molecule has 0 amide bonds. The molecule has 1 aromatic heterocycles. The van der Waals surface area contributed by atoms with E-state index in [1.807, 2.05) is 0 Å². The fraction of sp³-hybridized carbons (Fsp3) is 0.727. The third-order valence-corrected chi connectivity index (χ3v) is 3.46. The van der Waals surface area contributed by atoms with Crippen LogP contribution in [-0.2, 0) is 12.8 Å². The van der Waals surface area contributed by atoms with E-state index < -0.39 is 0 Å². The van der Waals surface area contributed by atoms with Crippen LogP contribution >= 0.6 is 11.3 Å². The maximum absolute atomic E-state index is 4.56. The van der Waals surface area contributed by atoms with Gasteiger partial charge in [-0.3, -0.25) is 0 Å². The van der Waals surface area contributed by atoms with E-state index in [1.54, 1.807) is 11.3 Å². The van der Waals surface area contributed by atoms with Gasteiger partial charge in [-0.25, -0.2) is 4.98 Å². The highest BCUT2D eigenvalue weighted by molar-refractivity contribution is 7.09. The third kappa shape index (κ3) is 3.39. The molecule has 1 aromatic rings. The lowest BCUT2D eigenvalue weighted by atomic mass is 10.3. The summed E-state index contributed by atoms with van der Waals surface area (Å²) in [5.41, 5.74) is 1.24. The Kier molecular flexibility index (Phi) is 5.12. The van der Waals surface area contributed by atoms with Gasteiger partial charge in [0.2, 0.25) is 0 Å². The van der Waals surface area contributed by atoms with Crippen LogP contribution in [-0.4, -0.2) is 29.5 Å². The van der Waals surface area contributed by atoms with Gasteiger partial charge < -0.3 is 4.90 Å². The highest BCUT2D eigenvalue weighted by Crippen LogP contribution is 2.11. The van der Waals surface area contributed by atoms with Crippen molar-refractivity contribution in [1.82, 2.24) is 9.88 Å². The molecule has 0 saturated heterocycles. The second-order valence-electron chi connectivity index (χ2n) is 3.36. The van der Waals surface area contributed by atoms with Gasteiger partial charge in [0.1, 0.15) is 0 Å². The topological polar surface area (TPSA) is 16.1 Å². The molecule has 80 valence electrons. The van der Waals surface area contributed by atoms with Gasteiger partial charge in [0.25, 0.3) is 0 Å². The first-order valence-electron chi connectivity index (χ1n) is 5.45. The Hall–Kier alpha value is -0.410. The second kappa shape index (κ2) is 6.14. The van der Waals surface area contributed by atoms with Crippen molar-refractivity contribution < 1.29 is 0 Å². The predicted molar refractivity (Wildman–Crippen MR) is 63.0 cm³/mol. The summed E-state index contributed by atoms with van der Waals surface area (Å²) in [7, 11) is 0. The minimum atomic E-state index is 1.06. The van der Waals surface area contributed by atoms with Crippen molar-refractivity contribution in [3.8, 4) is 0 Å². The molecule has 0 bridgehead atoms. The molecule has 2 nitrogen and oxygen atoms in total. The van der Waals surface area contributed by atoms with Crippen molar-refractivity contribution in [2.75, 3.05) is 19.6 Å². The Balaban J connectivity index is 2.37. The number of likely N-dealkylation sites (N-methyl/N-ethyl adjacent to an activating group) is 1. The van der Waals surface area contributed by atoms with Gasteiger partial charge in [-0.05, 0) is 19.5 Å². The molecule has 3 heteroatoms. The van der Waals surface area contributed by atoms with Crippen LogP contribution in [0.15, 0.2) is 5.38 Å². The van der Waals surface area contributed by atoms with E-state index in [-0.39, 0.29) is 0 Å². The first-order chi connectivity index (χ1) is 6.80. The normalized spacial score (nSPS) is 11.1. The first-order valence-corrected chi connectivity index (χ1v) is 6.33. The number of nitrogens with zero attached hydrogens (tertiary/aromatic N) is 2. The molecule has 0 aliphatic carbocycles. The summed E-state index contributed by atoms with van der Waals surface area (Å²) in [6.45, 7) is 10.0. The van der Waals surface area contributed by atoms with E-state index in [9.17, 15) is 0 Å². The molecule has 0 fully saturated rings. The number of aromatic nitrogens is 1. The van der Waals surface area contributed by atoms with E-state index >= 15 is 0 Å². The Morgan fingerprint density at radius 2 is 2.00 bits per heavy atom. The monoisotopic (exact) mass is 212 g/mol. The quantitative estimate of drug-likeness (QED) is 0.720. The average Bonchev–Trinajstić information content (AvgIpc) is 2.67. The van der Waals surface area contributed by atoms with E-state index in [0.29, 0.717) is 0 Å². The smallest absolute Gasteiger partial charge is 0.0941 e. The van der Waals surface area contributed by atoms with Crippen molar-refractivity contribution in [2.45, 2.75) is 33.6 Å². The third-order valence-electron chi connectivity index (χ3n) is 2.50.